The third kappa shape index (κ3) is 4.61. The highest BCUT2D eigenvalue weighted by molar-refractivity contribution is 9.10. The Morgan fingerprint density at radius 1 is 0.806 bits per heavy atom. The van der Waals surface area contributed by atoms with E-state index in [1.807, 2.05) is 24.3 Å². The molecule has 6 nitrogen and oxygen atoms in total. The van der Waals surface area contributed by atoms with Crippen LogP contribution in [0.5, 0.6) is 28.7 Å². The Labute approximate surface area is 191 Å². The Hall–Kier alpha value is -2.41. The van der Waals surface area contributed by atoms with Crippen LogP contribution >= 0.6 is 15.9 Å². The minimum atomic E-state index is -0.237. The fraction of sp³-hybridized carbons (Fsp3) is 0.458. The zero-order valence-corrected chi connectivity index (χ0v) is 20.2. The van der Waals surface area contributed by atoms with Gasteiger partial charge in [-0.15, -0.1) is 0 Å². The van der Waals surface area contributed by atoms with E-state index in [1.54, 1.807) is 28.4 Å². The van der Waals surface area contributed by atoms with Crippen LogP contribution < -0.4 is 23.7 Å². The molecule has 1 fully saturated rings. The van der Waals surface area contributed by atoms with Crippen molar-refractivity contribution in [2.45, 2.75) is 38.0 Å². The second-order valence-electron chi connectivity index (χ2n) is 7.43. The summed E-state index contributed by atoms with van der Waals surface area (Å²) in [5.74, 6) is 2.64. The molecule has 31 heavy (non-hydrogen) atoms. The summed E-state index contributed by atoms with van der Waals surface area (Å²) in [6.45, 7) is 2.65. The monoisotopic (exact) mass is 492 g/mol. The van der Waals surface area contributed by atoms with Gasteiger partial charge in [-0.25, -0.2) is 0 Å². The first-order chi connectivity index (χ1) is 15.0. The summed E-state index contributed by atoms with van der Waals surface area (Å²) < 4.78 is 28.5. The fourth-order valence-corrected chi connectivity index (χ4v) is 4.68. The number of benzene rings is 2. The van der Waals surface area contributed by atoms with Crippen LogP contribution in [0, 0.1) is 0 Å². The van der Waals surface area contributed by atoms with Gasteiger partial charge in [0.15, 0.2) is 23.0 Å². The Morgan fingerprint density at radius 2 is 1.29 bits per heavy atom. The number of carbonyl (C=O) groups is 1. The molecule has 2 aromatic carbocycles. The van der Waals surface area contributed by atoms with Crippen LogP contribution in [0.4, 0.5) is 0 Å². The second kappa shape index (κ2) is 10.3. The summed E-state index contributed by atoms with van der Waals surface area (Å²) in [5, 5.41) is 0. The van der Waals surface area contributed by atoms with E-state index in [-0.39, 0.29) is 17.6 Å². The molecule has 0 bridgehead atoms. The molecule has 3 rings (SSSR count). The molecule has 0 spiro atoms. The van der Waals surface area contributed by atoms with Gasteiger partial charge in [-0.1, -0.05) is 6.92 Å². The van der Waals surface area contributed by atoms with Crippen LogP contribution in [0.3, 0.4) is 0 Å². The first kappa shape index (κ1) is 23.3. The van der Waals surface area contributed by atoms with E-state index in [0.29, 0.717) is 35.4 Å². The van der Waals surface area contributed by atoms with Crippen molar-refractivity contribution < 1.29 is 28.5 Å². The zero-order valence-electron chi connectivity index (χ0n) is 18.6. The van der Waals surface area contributed by atoms with E-state index in [9.17, 15) is 4.79 Å². The highest BCUT2D eigenvalue weighted by Gasteiger charge is 2.37. The van der Waals surface area contributed by atoms with Crippen LogP contribution in [0.15, 0.2) is 28.7 Å². The lowest BCUT2D eigenvalue weighted by molar-refractivity contribution is -0.119. The van der Waals surface area contributed by atoms with Crippen molar-refractivity contribution in [2.75, 3.05) is 35.0 Å². The maximum absolute atomic E-state index is 13.4. The minimum Gasteiger partial charge on any atom is -0.493 e. The number of rotatable bonds is 9. The number of ether oxygens (including phenoxy) is 5. The molecule has 2 unspecified atom stereocenters. The SMILES string of the molecule is CCCOc1c(Br)cc(C2CCC(c3cc(OC)c(OC)c(OC)c3)C2=O)cc1OC. The molecule has 7 heteroatoms. The van der Waals surface area contributed by atoms with Crippen LogP contribution in [0.1, 0.15) is 49.1 Å². The highest BCUT2D eigenvalue weighted by Crippen LogP contribution is 2.47. The van der Waals surface area contributed by atoms with E-state index >= 15 is 0 Å². The number of Topliss-reactive ketones (excluding diaryl/α,β-unsaturated/α-hetero) is 1. The van der Waals surface area contributed by atoms with E-state index in [1.165, 1.54) is 0 Å². The lowest BCUT2D eigenvalue weighted by Gasteiger charge is -2.18. The van der Waals surface area contributed by atoms with Crippen molar-refractivity contribution in [3.63, 3.8) is 0 Å². The number of carbonyl (C=O) groups excluding carboxylic acids is 1. The van der Waals surface area contributed by atoms with E-state index in [2.05, 4.69) is 22.9 Å². The van der Waals surface area contributed by atoms with E-state index in [0.717, 1.165) is 34.9 Å². The van der Waals surface area contributed by atoms with Crippen LogP contribution in [-0.4, -0.2) is 40.8 Å². The van der Waals surface area contributed by atoms with Crippen molar-refractivity contribution in [1.82, 2.24) is 0 Å². The molecule has 1 saturated carbocycles. The average molecular weight is 493 g/mol. The highest BCUT2D eigenvalue weighted by atomic mass is 79.9. The predicted octanol–water partition coefficient (Wildman–Crippen LogP) is 5.50. The van der Waals surface area contributed by atoms with Crippen LogP contribution in [0.2, 0.25) is 0 Å². The summed E-state index contributed by atoms with van der Waals surface area (Å²) in [5.41, 5.74) is 1.79. The molecule has 2 atom stereocenters. The number of halogens is 1. The largest absolute Gasteiger partial charge is 0.493 e. The molecule has 0 radical (unpaired) electrons. The van der Waals surface area contributed by atoms with Crippen molar-refractivity contribution in [2.24, 2.45) is 0 Å². The molecule has 0 aliphatic heterocycles. The Balaban J connectivity index is 1.92. The first-order valence-corrected chi connectivity index (χ1v) is 11.1. The van der Waals surface area contributed by atoms with Crippen molar-refractivity contribution >= 4 is 21.7 Å². The first-order valence-electron chi connectivity index (χ1n) is 10.3. The Kier molecular flexibility index (Phi) is 7.70. The quantitative estimate of drug-likeness (QED) is 0.460. The van der Waals surface area contributed by atoms with Gasteiger partial charge < -0.3 is 23.7 Å². The normalized spacial score (nSPS) is 18.1. The lowest BCUT2D eigenvalue weighted by Crippen LogP contribution is -2.12. The third-order valence-corrected chi connectivity index (χ3v) is 6.21. The molecule has 1 aliphatic rings. The van der Waals surface area contributed by atoms with Crippen molar-refractivity contribution in [3.05, 3.63) is 39.9 Å². The summed E-state index contributed by atoms with van der Waals surface area (Å²) >= 11 is 3.59. The molecule has 1 aliphatic carbocycles. The van der Waals surface area contributed by atoms with Gasteiger partial charge in [0, 0.05) is 11.8 Å². The number of ketones is 1. The maximum Gasteiger partial charge on any atom is 0.203 e. The number of hydrogen-bond acceptors (Lipinski definition) is 6. The number of hydrogen-bond donors (Lipinski definition) is 0. The van der Waals surface area contributed by atoms with Crippen molar-refractivity contribution in [1.29, 1.82) is 0 Å². The zero-order chi connectivity index (χ0) is 22.5. The van der Waals surface area contributed by atoms with Gasteiger partial charge in [0.05, 0.1) is 39.5 Å². The summed E-state index contributed by atoms with van der Waals surface area (Å²) in [7, 11) is 6.33. The van der Waals surface area contributed by atoms with E-state index < -0.39 is 0 Å². The molecule has 0 aromatic heterocycles. The minimum absolute atomic E-state index is 0.172. The molecular formula is C24H29BrO6. The molecule has 0 amide bonds. The average Bonchev–Trinajstić information content (AvgIpc) is 3.17. The van der Waals surface area contributed by atoms with E-state index in [4.69, 9.17) is 23.7 Å². The van der Waals surface area contributed by atoms with Gasteiger partial charge in [0.25, 0.3) is 0 Å². The van der Waals surface area contributed by atoms with Gasteiger partial charge >= 0.3 is 0 Å². The van der Waals surface area contributed by atoms with Crippen LogP contribution in [0.25, 0.3) is 0 Å². The Bertz CT molecular complexity index is 917. The fourth-order valence-electron chi connectivity index (χ4n) is 4.11. The molecule has 168 valence electrons. The molecule has 0 heterocycles. The smallest absolute Gasteiger partial charge is 0.203 e. The molecule has 0 N–H and O–H groups in total. The molecule has 2 aromatic rings. The predicted molar refractivity (Wildman–Crippen MR) is 122 cm³/mol. The van der Waals surface area contributed by atoms with Gasteiger partial charge in [-0.3, -0.25) is 4.79 Å². The molecule has 0 saturated heterocycles. The Morgan fingerprint density at radius 3 is 1.74 bits per heavy atom. The van der Waals surface area contributed by atoms with Gasteiger partial charge in [0.1, 0.15) is 5.78 Å². The number of methoxy groups -OCH3 is 4. The second-order valence-corrected chi connectivity index (χ2v) is 8.28. The standard InChI is InChI=1S/C24H29BrO6/c1-6-9-31-23-18(25)10-14(11-19(23)27-2)16-7-8-17(22(16)26)15-12-20(28-3)24(30-5)21(13-15)29-4/h10-13,16-17H,6-9H2,1-5H3. The summed E-state index contributed by atoms with van der Waals surface area (Å²) in [4.78, 5) is 13.4. The lowest BCUT2D eigenvalue weighted by atomic mass is 9.91. The molecular weight excluding hydrogens is 464 g/mol. The van der Waals surface area contributed by atoms with Crippen molar-refractivity contribution in [3.8, 4) is 28.7 Å². The van der Waals surface area contributed by atoms with Gasteiger partial charge in [-0.2, -0.15) is 0 Å². The summed E-state index contributed by atoms with van der Waals surface area (Å²) in [6.07, 6.45) is 2.40. The van der Waals surface area contributed by atoms with Gasteiger partial charge in [0.2, 0.25) is 5.75 Å². The summed E-state index contributed by atoms with van der Waals surface area (Å²) in [6, 6.07) is 7.61. The third-order valence-electron chi connectivity index (χ3n) is 5.62. The topological polar surface area (TPSA) is 63.2 Å². The van der Waals surface area contributed by atoms with Crippen LogP contribution in [-0.2, 0) is 4.79 Å². The maximum atomic E-state index is 13.4. The van der Waals surface area contributed by atoms with Gasteiger partial charge in [-0.05, 0) is 70.6 Å².